The number of aliphatic hydroxyl groups excluding tert-OH is 1. The van der Waals surface area contributed by atoms with Gasteiger partial charge in [-0.3, -0.25) is 4.79 Å². The van der Waals surface area contributed by atoms with E-state index in [0.717, 1.165) is 55.3 Å². The molecule has 0 aromatic rings. The Balaban J connectivity index is 1.42. The molecule has 31 heavy (non-hydrogen) atoms. The van der Waals surface area contributed by atoms with Gasteiger partial charge in [0.05, 0.1) is 19.1 Å². The molecule has 0 bridgehead atoms. The Morgan fingerprint density at radius 2 is 1.90 bits per heavy atom. The number of esters is 1. The quantitative estimate of drug-likeness (QED) is 0.384. The molecule has 3 heteroatoms. The topological polar surface area (TPSA) is 46.5 Å². The van der Waals surface area contributed by atoms with Crippen LogP contribution in [0.4, 0.5) is 0 Å². The summed E-state index contributed by atoms with van der Waals surface area (Å²) in [6, 6.07) is 0. The van der Waals surface area contributed by atoms with Crippen LogP contribution in [0.3, 0.4) is 0 Å². The van der Waals surface area contributed by atoms with E-state index in [1.165, 1.54) is 52.1 Å². The normalized spacial score (nSPS) is 43.8. The molecule has 4 aliphatic carbocycles. The number of fused-ring (bicyclic) bond motifs is 5. The van der Waals surface area contributed by atoms with E-state index in [9.17, 15) is 9.90 Å². The summed E-state index contributed by atoms with van der Waals surface area (Å²) in [7, 11) is 1.50. The van der Waals surface area contributed by atoms with Crippen LogP contribution in [-0.2, 0) is 9.53 Å². The molecule has 0 aromatic carbocycles. The first-order chi connectivity index (χ1) is 14.7. The third-order valence-corrected chi connectivity index (χ3v) is 10.7. The number of ether oxygens (including phenoxy) is 1. The average molecular weight is 431 g/mol. The maximum Gasteiger partial charge on any atom is 0.308 e. The molecule has 4 aliphatic rings. The summed E-state index contributed by atoms with van der Waals surface area (Å²) in [5, 5.41) is 10.2. The minimum Gasteiger partial charge on any atom is -0.469 e. The predicted molar refractivity (Wildman–Crippen MR) is 125 cm³/mol. The lowest BCUT2D eigenvalue weighted by molar-refractivity contribution is -0.145. The maximum absolute atomic E-state index is 11.7. The predicted octanol–water partition coefficient (Wildman–Crippen LogP) is 6.54. The molecule has 0 saturated heterocycles. The minimum absolute atomic E-state index is 0.0255. The Hall–Kier alpha value is -0.830. The minimum atomic E-state index is -0.108. The van der Waals surface area contributed by atoms with Gasteiger partial charge in [0.15, 0.2) is 0 Å². The number of allylic oxidation sites excluding steroid dienone is 1. The number of methoxy groups -OCH3 is 1. The van der Waals surface area contributed by atoms with Gasteiger partial charge in [-0.15, -0.1) is 0 Å². The SMILES string of the molecule is COC(=O)[C@@H](C)CCC[C@@H](C)[C@H]1CC[C@H]2[C@@H]3CC=C4C[C@@H](O)CC[C@]4(C)[C@H]3CC[C@]12C. The summed E-state index contributed by atoms with van der Waals surface area (Å²) in [6.07, 6.45) is 15.7. The number of aliphatic hydroxyl groups is 1. The van der Waals surface area contributed by atoms with E-state index in [1.807, 2.05) is 6.92 Å². The number of hydrogen-bond donors (Lipinski definition) is 1. The summed E-state index contributed by atoms with van der Waals surface area (Å²) in [5.41, 5.74) is 2.42. The van der Waals surface area contributed by atoms with Crippen molar-refractivity contribution in [2.45, 2.75) is 104 Å². The highest BCUT2D eigenvalue weighted by atomic mass is 16.5. The highest BCUT2D eigenvalue weighted by molar-refractivity contribution is 5.71. The van der Waals surface area contributed by atoms with E-state index in [0.29, 0.717) is 10.8 Å². The monoisotopic (exact) mass is 430 g/mol. The summed E-state index contributed by atoms with van der Waals surface area (Å²) in [4.78, 5) is 11.7. The molecule has 0 aromatic heterocycles. The second kappa shape index (κ2) is 8.84. The number of carbonyl (C=O) groups is 1. The van der Waals surface area contributed by atoms with Crippen LogP contribution in [0.15, 0.2) is 11.6 Å². The van der Waals surface area contributed by atoms with Crippen LogP contribution in [0.1, 0.15) is 98.3 Å². The Kier molecular flexibility index (Phi) is 6.65. The largest absolute Gasteiger partial charge is 0.469 e. The van der Waals surface area contributed by atoms with Crippen molar-refractivity contribution in [3.05, 3.63) is 11.6 Å². The van der Waals surface area contributed by atoms with E-state index in [4.69, 9.17) is 4.74 Å². The zero-order valence-electron chi connectivity index (χ0n) is 20.7. The van der Waals surface area contributed by atoms with Gasteiger partial charge in [-0.25, -0.2) is 0 Å². The zero-order chi connectivity index (χ0) is 22.4. The van der Waals surface area contributed by atoms with Crippen LogP contribution >= 0.6 is 0 Å². The first-order valence-electron chi connectivity index (χ1n) is 13.2. The third-order valence-electron chi connectivity index (χ3n) is 10.7. The summed E-state index contributed by atoms with van der Waals surface area (Å²) < 4.78 is 4.90. The standard InChI is InChI=1S/C28H46O3/c1-18(7-6-8-19(2)26(30)31-5)23-11-12-24-22-10-9-20-17-21(29)13-15-27(20,3)25(22)14-16-28(23,24)4/h9,18-19,21-25,29H,6-8,10-17H2,1-5H3/t18-,19+,21+,22+,23-,24+,25+,27+,28-/m1/s1. The van der Waals surface area contributed by atoms with Crippen molar-refractivity contribution in [2.24, 2.45) is 46.3 Å². The van der Waals surface area contributed by atoms with E-state index < -0.39 is 0 Å². The molecule has 0 heterocycles. The Morgan fingerprint density at radius 3 is 2.65 bits per heavy atom. The molecule has 1 N–H and O–H groups in total. The number of rotatable bonds is 6. The molecule has 4 rings (SSSR count). The molecule has 0 radical (unpaired) electrons. The van der Waals surface area contributed by atoms with Crippen LogP contribution in [0, 0.1) is 46.3 Å². The van der Waals surface area contributed by atoms with Gasteiger partial charge in [-0.1, -0.05) is 52.2 Å². The lowest BCUT2D eigenvalue weighted by Crippen LogP contribution is -2.50. The molecular weight excluding hydrogens is 384 g/mol. The molecular formula is C28H46O3. The van der Waals surface area contributed by atoms with Gasteiger partial charge in [-0.2, -0.15) is 0 Å². The van der Waals surface area contributed by atoms with E-state index in [2.05, 4.69) is 26.8 Å². The molecule has 176 valence electrons. The van der Waals surface area contributed by atoms with Gasteiger partial charge in [0.25, 0.3) is 0 Å². The van der Waals surface area contributed by atoms with Crippen molar-refractivity contribution in [3.63, 3.8) is 0 Å². The second-order valence-electron chi connectivity index (χ2n) is 12.2. The highest BCUT2D eigenvalue weighted by Gasteiger charge is 2.59. The molecule has 0 aliphatic heterocycles. The Morgan fingerprint density at radius 1 is 1.13 bits per heavy atom. The fourth-order valence-electron chi connectivity index (χ4n) is 8.88. The zero-order valence-corrected chi connectivity index (χ0v) is 20.7. The lowest BCUT2D eigenvalue weighted by atomic mass is 9.47. The molecule has 0 spiro atoms. The van der Waals surface area contributed by atoms with Crippen LogP contribution in [0.2, 0.25) is 0 Å². The van der Waals surface area contributed by atoms with Gasteiger partial charge in [0, 0.05) is 0 Å². The first-order valence-corrected chi connectivity index (χ1v) is 13.2. The van der Waals surface area contributed by atoms with Gasteiger partial charge >= 0.3 is 5.97 Å². The maximum atomic E-state index is 11.7. The fraction of sp³-hybridized carbons (Fsp3) is 0.893. The van der Waals surface area contributed by atoms with E-state index in [-0.39, 0.29) is 18.0 Å². The fourth-order valence-corrected chi connectivity index (χ4v) is 8.88. The summed E-state index contributed by atoms with van der Waals surface area (Å²) in [6.45, 7) is 9.64. The molecule has 3 fully saturated rings. The van der Waals surface area contributed by atoms with Crippen LogP contribution < -0.4 is 0 Å². The van der Waals surface area contributed by atoms with Crippen molar-refractivity contribution in [2.75, 3.05) is 7.11 Å². The summed E-state index contributed by atoms with van der Waals surface area (Å²) in [5.74, 6) is 4.08. The van der Waals surface area contributed by atoms with Crippen molar-refractivity contribution in [1.82, 2.24) is 0 Å². The number of carbonyl (C=O) groups excluding carboxylic acids is 1. The van der Waals surface area contributed by atoms with Crippen LogP contribution in [0.25, 0.3) is 0 Å². The third kappa shape index (κ3) is 4.02. The Labute approximate surface area is 190 Å². The smallest absolute Gasteiger partial charge is 0.308 e. The highest BCUT2D eigenvalue weighted by Crippen LogP contribution is 2.67. The van der Waals surface area contributed by atoms with Gasteiger partial charge in [0.2, 0.25) is 0 Å². The van der Waals surface area contributed by atoms with Crippen molar-refractivity contribution >= 4 is 5.97 Å². The molecule has 0 amide bonds. The summed E-state index contributed by atoms with van der Waals surface area (Å²) >= 11 is 0. The Bertz CT molecular complexity index is 698. The molecule has 9 atom stereocenters. The molecule has 3 nitrogen and oxygen atoms in total. The van der Waals surface area contributed by atoms with Crippen molar-refractivity contribution in [3.8, 4) is 0 Å². The molecule has 0 unspecified atom stereocenters. The molecule has 3 saturated carbocycles. The first kappa shape index (κ1) is 23.3. The van der Waals surface area contributed by atoms with Crippen LogP contribution in [0.5, 0.6) is 0 Å². The second-order valence-corrected chi connectivity index (χ2v) is 12.2. The van der Waals surface area contributed by atoms with Gasteiger partial charge in [-0.05, 0) is 98.2 Å². The van der Waals surface area contributed by atoms with Crippen molar-refractivity contribution in [1.29, 1.82) is 0 Å². The van der Waals surface area contributed by atoms with Crippen LogP contribution in [-0.4, -0.2) is 24.3 Å². The van der Waals surface area contributed by atoms with Gasteiger partial charge < -0.3 is 9.84 Å². The van der Waals surface area contributed by atoms with E-state index >= 15 is 0 Å². The van der Waals surface area contributed by atoms with Gasteiger partial charge in [0.1, 0.15) is 0 Å². The number of hydrogen-bond acceptors (Lipinski definition) is 3. The lowest BCUT2D eigenvalue weighted by Gasteiger charge is -2.58. The van der Waals surface area contributed by atoms with Crippen molar-refractivity contribution < 1.29 is 14.6 Å². The van der Waals surface area contributed by atoms with E-state index in [1.54, 1.807) is 5.57 Å². The average Bonchev–Trinajstić information content (AvgIpc) is 3.10.